The van der Waals surface area contributed by atoms with Crippen molar-refractivity contribution >= 4 is 86.8 Å². The van der Waals surface area contributed by atoms with Gasteiger partial charge in [-0.25, -0.2) is 4.79 Å². The van der Waals surface area contributed by atoms with Crippen LogP contribution in [0.5, 0.6) is 0 Å². The molecule has 0 bridgehead atoms. The van der Waals surface area contributed by atoms with Crippen molar-refractivity contribution < 1.29 is 23.9 Å². The second-order valence-electron chi connectivity index (χ2n) is 10.3. The van der Waals surface area contributed by atoms with Gasteiger partial charge in [0.2, 0.25) is 5.91 Å². The summed E-state index contributed by atoms with van der Waals surface area (Å²) < 4.78 is 5.00. The first-order valence-corrected chi connectivity index (χ1v) is 16.9. The molecule has 0 aliphatic heterocycles. The summed E-state index contributed by atoms with van der Waals surface area (Å²) in [6.45, 7) is 0. The standard InChI is InChI=1S/C34H29Cl2N3O5S2/c1-44-34(43)30-25-12-5-6-13-28(25)46-33(30)39-29(40)19-45-24-11-7-10-23(18-24)37-32(42)27(16-21-14-15-22(35)17-26(21)36)38-31(41)20-8-3-2-4-9-20/h2-4,7-11,14-18H,5-6,12-13,19H2,1H3,(H,37,42)(H,38,41)(H,39,40)/b27-16+. The van der Waals surface area contributed by atoms with Crippen molar-refractivity contribution in [1.82, 2.24) is 5.32 Å². The van der Waals surface area contributed by atoms with Gasteiger partial charge in [0.15, 0.2) is 0 Å². The number of aryl methyl sites for hydroxylation is 1. The van der Waals surface area contributed by atoms with Gasteiger partial charge in [0.05, 0.1) is 18.4 Å². The van der Waals surface area contributed by atoms with E-state index in [2.05, 4.69) is 16.0 Å². The third-order valence-electron chi connectivity index (χ3n) is 7.07. The van der Waals surface area contributed by atoms with E-state index < -0.39 is 17.8 Å². The number of carbonyl (C=O) groups is 4. The molecule has 12 heteroatoms. The summed E-state index contributed by atoms with van der Waals surface area (Å²) in [5.41, 5.74) is 2.71. The molecule has 1 aliphatic carbocycles. The normalized spacial score (nSPS) is 12.5. The molecule has 5 rings (SSSR count). The summed E-state index contributed by atoms with van der Waals surface area (Å²) in [6.07, 6.45) is 5.19. The molecule has 236 valence electrons. The van der Waals surface area contributed by atoms with Crippen molar-refractivity contribution in [2.24, 2.45) is 0 Å². The molecule has 3 amide bonds. The van der Waals surface area contributed by atoms with Crippen molar-refractivity contribution in [1.29, 1.82) is 0 Å². The number of hydrogen-bond acceptors (Lipinski definition) is 7. The van der Waals surface area contributed by atoms with Gasteiger partial charge >= 0.3 is 5.97 Å². The van der Waals surface area contributed by atoms with Gasteiger partial charge in [-0.3, -0.25) is 14.4 Å². The summed E-state index contributed by atoms with van der Waals surface area (Å²) in [6, 6.07) is 20.3. The molecule has 0 saturated carbocycles. The molecule has 1 aliphatic rings. The highest BCUT2D eigenvalue weighted by atomic mass is 35.5. The fraction of sp³-hybridized carbons (Fsp3) is 0.176. The second kappa shape index (κ2) is 15.5. The minimum absolute atomic E-state index is 0.0319. The summed E-state index contributed by atoms with van der Waals surface area (Å²) in [5, 5.41) is 9.66. The number of amides is 3. The van der Waals surface area contributed by atoms with Crippen LogP contribution in [0.25, 0.3) is 6.08 Å². The van der Waals surface area contributed by atoms with Gasteiger partial charge in [-0.1, -0.05) is 53.5 Å². The smallest absolute Gasteiger partial charge is 0.341 e. The third kappa shape index (κ3) is 8.38. The fourth-order valence-electron chi connectivity index (χ4n) is 4.86. The van der Waals surface area contributed by atoms with E-state index in [0.29, 0.717) is 37.4 Å². The Morgan fingerprint density at radius 1 is 0.935 bits per heavy atom. The van der Waals surface area contributed by atoms with Crippen LogP contribution >= 0.6 is 46.3 Å². The largest absolute Gasteiger partial charge is 0.465 e. The van der Waals surface area contributed by atoms with E-state index in [9.17, 15) is 19.2 Å². The highest BCUT2D eigenvalue weighted by molar-refractivity contribution is 8.00. The van der Waals surface area contributed by atoms with E-state index in [0.717, 1.165) is 41.0 Å². The number of thiophene rings is 1. The first-order chi connectivity index (χ1) is 22.2. The number of rotatable bonds is 10. The lowest BCUT2D eigenvalue weighted by atomic mass is 9.95. The average molecular weight is 695 g/mol. The monoisotopic (exact) mass is 693 g/mol. The molecule has 1 heterocycles. The molecule has 0 spiro atoms. The van der Waals surface area contributed by atoms with Gasteiger partial charge in [0.25, 0.3) is 11.8 Å². The zero-order chi connectivity index (χ0) is 32.6. The van der Waals surface area contributed by atoms with Crippen LogP contribution in [0.15, 0.2) is 83.4 Å². The number of benzene rings is 3. The van der Waals surface area contributed by atoms with E-state index >= 15 is 0 Å². The molecule has 0 saturated heterocycles. The van der Waals surface area contributed by atoms with Crippen LogP contribution in [0.1, 0.15) is 49.6 Å². The molecule has 8 nitrogen and oxygen atoms in total. The van der Waals surface area contributed by atoms with E-state index in [4.69, 9.17) is 27.9 Å². The number of nitrogens with one attached hydrogen (secondary N) is 3. The van der Waals surface area contributed by atoms with Crippen LogP contribution in [0.3, 0.4) is 0 Å². The van der Waals surface area contributed by atoms with Crippen molar-refractivity contribution in [3.63, 3.8) is 0 Å². The Balaban J connectivity index is 1.28. The third-order valence-corrected chi connectivity index (χ3v) is 9.83. The number of ether oxygens (including phenoxy) is 1. The van der Waals surface area contributed by atoms with Crippen molar-refractivity contribution in [3.05, 3.63) is 116 Å². The molecule has 46 heavy (non-hydrogen) atoms. The molecule has 3 N–H and O–H groups in total. The summed E-state index contributed by atoms with van der Waals surface area (Å²) >= 11 is 15.1. The van der Waals surface area contributed by atoms with Crippen LogP contribution in [0, 0.1) is 0 Å². The van der Waals surface area contributed by atoms with Crippen LogP contribution < -0.4 is 16.0 Å². The van der Waals surface area contributed by atoms with Gasteiger partial charge in [-0.05, 0) is 85.4 Å². The Morgan fingerprint density at radius 3 is 2.48 bits per heavy atom. The van der Waals surface area contributed by atoms with Gasteiger partial charge in [-0.2, -0.15) is 0 Å². The quantitative estimate of drug-likeness (QED) is 0.0885. The van der Waals surface area contributed by atoms with Crippen LogP contribution in [-0.4, -0.2) is 36.6 Å². The van der Waals surface area contributed by atoms with E-state index in [-0.39, 0.29) is 17.4 Å². The Labute approximate surface area is 284 Å². The van der Waals surface area contributed by atoms with Crippen LogP contribution in [-0.2, 0) is 27.2 Å². The summed E-state index contributed by atoms with van der Waals surface area (Å²) in [4.78, 5) is 53.7. The van der Waals surface area contributed by atoms with Crippen molar-refractivity contribution in [3.8, 4) is 0 Å². The van der Waals surface area contributed by atoms with Gasteiger partial charge in [0, 0.05) is 31.1 Å². The summed E-state index contributed by atoms with van der Waals surface area (Å²) in [7, 11) is 1.34. The van der Waals surface area contributed by atoms with E-state index in [1.54, 1.807) is 66.7 Å². The Morgan fingerprint density at radius 2 is 1.72 bits per heavy atom. The zero-order valence-corrected chi connectivity index (χ0v) is 27.8. The maximum absolute atomic E-state index is 13.5. The van der Waals surface area contributed by atoms with Crippen LogP contribution in [0.2, 0.25) is 10.0 Å². The van der Waals surface area contributed by atoms with Crippen molar-refractivity contribution in [2.45, 2.75) is 30.6 Å². The molecule has 0 unspecified atom stereocenters. The first kappa shape index (κ1) is 33.3. The molecule has 4 aromatic rings. The number of thioether (sulfide) groups is 1. The lowest BCUT2D eigenvalue weighted by Crippen LogP contribution is -2.30. The van der Waals surface area contributed by atoms with E-state index in [1.807, 2.05) is 6.07 Å². The Kier molecular flexibility index (Phi) is 11.2. The molecular weight excluding hydrogens is 665 g/mol. The Hall–Kier alpha value is -4.09. The van der Waals surface area contributed by atoms with E-state index in [1.165, 1.54) is 36.3 Å². The summed E-state index contributed by atoms with van der Waals surface area (Å²) in [5.74, 6) is -1.68. The highest BCUT2D eigenvalue weighted by Gasteiger charge is 2.27. The lowest BCUT2D eigenvalue weighted by Gasteiger charge is -2.13. The predicted octanol–water partition coefficient (Wildman–Crippen LogP) is 7.86. The van der Waals surface area contributed by atoms with Crippen LogP contribution in [0.4, 0.5) is 10.7 Å². The maximum atomic E-state index is 13.5. The Bertz CT molecular complexity index is 1820. The number of anilines is 2. The number of carbonyl (C=O) groups excluding carboxylic acids is 4. The molecular formula is C34H29Cl2N3O5S2. The lowest BCUT2D eigenvalue weighted by molar-refractivity contribution is -0.114. The second-order valence-corrected chi connectivity index (χ2v) is 13.3. The number of hydrogen-bond donors (Lipinski definition) is 3. The molecule has 0 fully saturated rings. The fourth-order valence-corrected chi connectivity index (χ4v) is 7.37. The topological polar surface area (TPSA) is 114 Å². The van der Waals surface area contributed by atoms with Crippen molar-refractivity contribution in [2.75, 3.05) is 23.5 Å². The number of methoxy groups -OCH3 is 1. The van der Waals surface area contributed by atoms with Gasteiger partial charge in [0.1, 0.15) is 10.7 Å². The molecule has 0 radical (unpaired) electrons. The highest BCUT2D eigenvalue weighted by Crippen LogP contribution is 2.38. The zero-order valence-electron chi connectivity index (χ0n) is 24.7. The molecule has 0 atom stereocenters. The molecule has 3 aromatic carbocycles. The maximum Gasteiger partial charge on any atom is 0.341 e. The predicted molar refractivity (Wildman–Crippen MR) is 185 cm³/mol. The minimum Gasteiger partial charge on any atom is -0.465 e. The van der Waals surface area contributed by atoms with Gasteiger partial charge in [-0.15, -0.1) is 23.1 Å². The number of fused-ring (bicyclic) bond motifs is 1. The SMILES string of the molecule is COC(=O)c1c(NC(=O)CSc2cccc(NC(=O)/C(=C\c3ccc(Cl)cc3Cl)NC(=O)c3ccccc3)c2)sc2c1CCCC2. The molecule has 1 aromatic heterocycles. The first-order valence-electron chi connectivity index (χ1n) is 14.3. The number of halogens is 2. The number of esters is 1. The van der Waals surface area contributed by atoms with Gasteiger partial charge < -0.3 is 20.7 Å². The average Bonchev–Trinajstić information content (AvgIpc) is 3.42. The minimum atomic E-state index is -0.577.